The highest BCUT2D eigenvalue weighted by Gasteiger charge is 2.26. The molecule has 3 rings (SSSR count). The summed E-state index contributed by atoms with van der Waals surface area (Å²) in [5.41, 5.74) is 0.345. The number of aromatic nitrogens is 3. The second-order valence-electron chi connectivity index (χ2n) is 7.05. The fourth-order valence-electron chi connectivity index (χ4n) is 3.71. The van der Waals surface area contributed by atoms with E-state index in [1.807, 2.05) is 11.9 Å². The predicted molar refractivity (Wildman–Crippen MR) is 99.5 cm³/mol. The molecule has 1 unspecified atom stereocenters. The number of hydrogen-bond acceptors (Lipinski definition) is 5. The summed E-state index contributed by atoms with van der Waals surface area (Å²) in [6, 6.07) is 1.65. The van der Waals surface area contributed by atoms with Gasteiger partial charge < -0.3 is 10.2 Å². The van der Waals surface area contributed by atoms with Gasteiger partial charge in [-0.1, -0.05) is 0 Å². The lowest BCUT2D eigenvalue weighted by Crippen LogP contribution is -2.43. The van der Waals surface area contributed by atoms with Crippen LogP contribution in [0.15, 0.2) is 15.7 Å². The topological polar surface area (TPSA) is 89.2 Å². The molecule has 0 aliphatic carbocycles. The van der Waals surface area contributed by atoms with E-state index in [-0.39, 0.29) is 22.8 Å². The fourth-order valence-corrected chi connectivity index (χ4v) is 3.71. The van der Waals surface area contributed by atoms with E-state index in [0.29, 0.717) is 30.0 Å². The Labute approximate surface area is 151 Å². The molecule has 1 atom stereocenters. The molecule has 8 heteroatoms. The Hall–Kier alpha value is -2.48. The number of piperidine rings is 1. The average Bonchev–Trinajstić information content (AvgIpc) is 2.64. The number of pyridine rings is 1. The quantitative estimate of drug-likeness (QED) is 0.834. The van der Waals surface area contributed by atoms with Crippen LogP contribution in [0.2, 0.25) is 0 Å². The van der Waals surface area contributed by atoms with Crippen molar-refractivity contribution < 1.29 is 4.79 Å². The first kappa shape index (κ1) is 18.3. The summed E-state index contributed by atoms with van der Waals surface area (Å²) in [5.74, 6) is 0.278. The molecule has 0 spiro atoms. The van der Waals surface area contributed by atoms with Gasteiger partial charge in [0.05, 0.1) is 5.39 Å². The number of amides is 1. The van der Waals surface area contributed by atoms with Crippen LogP contribution in [0.5, 0.6) is 0 Å². The number of fused-ring (bicyclic) bond motifs is 1. The van der Waals surface area contributed by atoms with Gasteiger partial charge >= 0.3 is 5.69 Å². The number of hydrogen-bond donors (Lipinski definition) is 1. The van der Waals surface area contributed by atoms with E-state index < -0.39 is 5.69 Å². The number of likely N-dealkylation sites (tertiary alicyclic amines) is 1. The molecular weight excluding hydrogens is 334 g/mol. The number of nitrogens with one attached hydrogen (secondary N) is 1. The maximum Gasteiger partial charge on any atom is 0.332 e. The first-order chi connectivity index (χ1) is 12.3. The lowest BCUT2D eigenvalue weighted by Gasteiger charge is -2.32. The molecule has 140 valence electrons. The molecule has 1 fully saturated rings. The molecule has 8 nitrogen and oxygen atoms in total. The molecule has 1 aliphatic heterocycles. The van der Waals surface area contributed by atoms with Gasteiger partial charge in [-0.2, -0.15) is 0 Å². The second-order valence-corrected chi connectivity index (χ2v) is 7.05. The lowest BCUT2D eigenvalue weighted by atomic mass is 9.97. The van der Waals surface area contributed by atoms with Gasteiger partial charge in [-0.05, 0) is 50.9 Å². The number of rotatable bonds is 3. The monoisotopic (exact) mass is 359 g/mol. The van der Waals surface area contributed by atoms with Crippen molar-refractivity contribution in [2.45, 2.75) is 19.8 Å². The summed E-state index contributed by atoms with van der Waals surface area (Å²) in [7, 11) is 4.92. The number of carbonyl (C=O) groups is 1. The molecule has 1 amide bonds. The Morgan fingerprint density at radius 2 is 2.04 bits per heavy atom. The largest absolute Gasteiger partial charge is 0.337 e. The van der Waals surface area contributed by atoms with Crippen molar-refractivity contribution in [3.8, 4) is 0 Å². The van der Waals surface area contributed by atoms with E-state index in [1.165, 1.54) is 11.6 Å². The third-order valence-corrected chi connectivity index (χ3v) is 5.13. The van der Waals surface area contributed by atoms with Crippen LogP contribution in [-0.4, -0.2) is 51.6 Å². The van der Waals surface area contributed by atoms with Crippen molar-refractivity contribution in [1.29, 1.82) is 0 Å². The van der Waals surface area contributed by atoms with E-state index in [2.05, 4.69) is 10.3 Å². The van der Waals surface area contributed by atoms with Gasteiger partial charge in [0.15, 0.2) is 0 Å². The number of aryl methyl sites for hydroxylation is 2. The van der Waals surface area contributed by atoms with Gasteiger partial charge in [0.1, 0.15) is 11.3 Å². The normalized spacial score (nSPS) is 17.7. The van der Waals surface area contributed by atoms with Gasteiger partial charge in [-0.15, -0.1) is 0 Å². The Morgan fingerprint density at radius 1 is 1.31 bits per heavy atom. The van der Waals surface area contributed by atoms with Crippen LogP contribution in [0, 0.1) is 12.8 Å². The second kappa shape index (κ2) is 7.03. The van der Waals surface area contributed by atoms with Crippen LogP contribution in [0.3, 0.4) is 0 Å². The molecule has 0 saturated carbocycles. The molecule has 1 saturated heterocycles. The minimum atomic E-state index is -0.453. The van der Waals surface area contributed by atoms with Crippen LogP contribution in [0.1, 0.15) is 28.9 Å². The fraction of sp³-hybridized carbons (Fsp3) is 0.556. The van der Waals surface area contributed by atoms with E-state index >= 15 is 0 Å². The summed E-state index contributed by atoms with van der Waals surface area (Å²) < 4.78 is 2.38. The van der Waals surface area contributed by atoms with Crippen LogP contribution >= 0.6 is 0 Å². The Kier molecular flexibility index (Phi) is 4.95. The lowest BCUT2D eigenvalue weighted by molar-refractivity contribution is 0.0668. The molecule has 0 aromatic carbocycles. The molecule has 3 heterocycles. The molecule has 1 aliphatic rings. The Balaban J connectivity index is 2.05. The molecule has 0 radical (unpaired) electrons. The third-order valence-electron chi connectivity index (χ3n) is 5.13. The van der Waals surface area contributed by atoms with Crippen molar-refractivity contribution in [2.75, 3.05) is 26.7 Å². The predicted octanol–water partition coefficient (Wildman–Crippen LogP) is 0.0122. The van der Waals surface area contributed by atoms with Gasteiger partial charge in [-0.3, -0.25) is 18.7 Å². The van der Waals surface area contributed by atoms with Gasteiger partial charge in [0.25, 0.3) is 11.5 Å². The van der Waals surface area contributed by atoms with Crippen molar-refractivity contribution in [2.24, 2.45) is 20.0 Å². The van der Waals surface area contributed by atoms with Crippen LogP contribution < -0.4 is 16.6 Å². The Bertz CT molecular complexity index is 973. The molecular formula is C18H25N5O3. The highest BCUT2D eigenvalue weighted by Crippen LogP contribution is 2.19. The maximum atomic E-state index is 13.0. The van der Waals surface area contributed by atoms with Crippen molar-refractivity contribution in [3.05, 3.63) is 38.2 Å². The maximum absolute atomic E-state index is 13.0. The zero-order chi connectivity index (χ0) is 19.0. The molecule has 0 bridgehead atoms. The zero-order valence-electron chi connectivity index (χ0n) is 15.7. The van der Waals surface area contributed by atoms with E-state index in [0.717, 1.165) is 24.0 Å². The van der Waals surface area contributed by atoms with Crippen molar-refractivity contribution in [1.82, 2.24) is 24.3 Å². The average molecular weight is 359 g/mol. The van der Waals surface area contributed by atoms with Crippen LogP contribution in [0.25, 0.3) is 11.0 Å². The van der Waals surface area contributed by atoms with E-state index in [4.69, 9.17) is 0 Å². The van der Waals surface area contributed by atoms with Crippen molar-refractivity contribution >= 4 is 16.9 Å². The molecule has 1 N–H and O–H groups in total. The first-order valence-electron chi connectivity index (χ1n) is 8.86. The first-order valence-corrected chi connectivity index (χ1v) is 8.86. The van der Waals surface area contributed by atoms with Gasteiger partial charge in [0.2, 0.25) is 0 Å². The minimum Gasteiger partial charge on any atom is -0.337 e. The standard InChI is InChI=1S/C18H25N5O3/c1-11-8-13(16(24)23-7-5-6-12(10-23)9-19-2)20-15-14(11)17(25)22(4)18(26)21(15)3/h8,12,19H,5-7,9-10H2,1-4H3. The minimum absolute atomic E-state index is 0.149. The van der Waals surface area contributed by atoms with Crippen molar-refractivity contribution in [3.63, 3.8) is 0 Å². The SMILES string of the molecule is CNCC1CCCN(C(=O)c2cc(C)c3c(=O)n(C)c(=O)n(C)c3n2)C1. The zero-order valence-corrected chi connectivity index (χ0v) is 15.7. The number of carbonyl (C=O) groups excluding carboxylic acids is 1. The van der Waals surface area contributed by atoms with Crippen LogP contribution in [0.4, 0.5) is 0 Å². The summed E-state index contributed by atoms with van der Waals surface area (Å²) in [6.07, 6.45) is 2.06. The summed E-state index contributed by atoms with van der Waals surface area (Å²) >= 11 is 0. The van der Waals surface area contributed by atoms with Gasteiger partial charge in [0, 0.05) is 27.2 Å². The highest BCUT2D eigenvalue weighted by molar-refractivity contribution is 5.95. The summed E-state index contributed by atoms with van der Waals surface area (Å²) in [6.45, 7) is 4.03. The molecule has 26 heavy (non-hydrogen) atoms. The Morgan fingerprint density at radius 3 is 2.73 bits per heavy atom. The number of nitrogens with zero attached hydrogens (tertiary/aromatic N) is 4. The molecule has 2 aromatic rings. The molecule has 2 aromatic heterocycles. The third kappa shape index (κ3) is 3.05. The van der Waals surface area contributed by atoms with E-state index in [1.54, 1.807) is 20.0 Å². The summed E-state index contributed by atoms with van der Waals surface area (Å²) in [4.78, 5) is 43.8. The van der Waals surface area contributed by atoms with Crippen LogP contribution in [-0.2, 0) is 14.1 Å². The summed E-state index contributed by atoms with van der Waals surface area (Å²) in [5, 5.41) is 3.54. The van der Waals surface area contributed by atoms with Gasteiger partial charge in [-0.25, -0.2) is 9.78 Å². The smallest absolute Gasteiger partial charge is 0.332 e. The van der Waals surface area contributed by atoms with E-state index in [9.17, 15) is 14.4 Å². The highest BCUT2D eigenvalue weighted by atomic mass is 16.2.